The number of hydrogen-bond donors (Lipinski definition) is 1. The van der Waals surface area contributed by atoms with Crippen molar-refractivity contribution in [1.82, 2.24) is 0 Å². The molecule has 0 bridgehead atoms. The fourth-order valence-electron chi connectivity index (χ4n) is 0.180. The van der Waals surface area contributed by atoms with Gasteiger partial charge in [-0.15, -0.1) is 0 Å². The second-order valence-corrected chi connectivity index (χ2v) is 1.95. The van der Waals surface area contributed by atoms with Gasteiger partial charge in [-0.2, -0.15) is 0 Å². The molecular weight excluding hydrogens is 168 g/mol. The van der Waals surface area contributed by atoms with Crippen LogP contribution in [0.5, 0.6) is 0 Å². The van der Waals surface area contributed by atoms with Crippen LogP contribution in [0.15, 0.2) is 28.0 Å². The minimum atomic E-state index is 0.361. The maximum absolute atomic E-state index is 5.26. The van der Waals surface area contributed by atoms with Crippen LogP contribution >= 0.6 is 15.9 Å². The Morgan fingerprint density at radius 2 is 2.25 bits per heavy atom. The van der Waals surface area contributed by atoms with Crippen molar-refractivity contribution < 1.29 is 0 Å². The fraction of sp³-hybridized carbons (Fsp3) is 0. The zero-order valence-electron chi connectivity index (χ0n) is 4.39. The van der Waals surface area contributed by atoms with Crippen LogP contribution in [-0.2, 0) is 0 Å². The molecule has 0 saturated heterocycles. The van der Waals surface area contributed by atoms with E-state index in [1.807, 2.05) is 0 Å². The van der Waals surface area contributed by atoms with E-state index in [0.29, 0.717) is 10.3 Å². The Hall–Kier alpha value is -0.570. The van der Waals surface area contributed by atoms with E-state index in [4.69, 9.17) is 5.73 Å². The predicted octanol–water partition coefficient (Wildman–Crippen LogP) is 1.40. The molecule has 0 aromatic carbocycles. The molecule has 3 heteroatoms. The maximum atomic E-state index is 5.26. The Balaban J connectivity index is 4.25. The second kappa shape index (κ2) is 3.43. The van der Waals surface area contributed by atoms with Crippen LogP contribution in [0, 0.1) is 0 Å². The molecule has 0 aromatic heterocycles. The summed E-state index contributed by atoms with van der Waals surface area (Å²) in [5.74, 6) is 0.361. The molecule has 0 aliphatic carbocycles. The molecule has 0 aliphatic rings. The van der Waals surface area contributed by atoms with Gasteiger partial charge in [0.25, 0.3) is 0 Å². The number of allylic oxidation sites excluding steroid dienone is 2. The van der Waals surface area contributed by atoms with E-state index < -0.39 is 0 Å². The molecule has 0 saturated carbocycles. The van der Waals surface area contributed by atoms with Gasteiger partial charge in [0.2, 0.25) is 0 Å². The van der Waals surface area contributed by atoms with E-state index in [9.17, 15) is 0 Å². The minimum Gasteiger partial charge on any atom is -0.383 e. The summed E-state index contributed by atoms with van der Waals surface area (Å²) < 4.78 is 0.674. The number of aliphatic imine (C=N–C) groups is 1. The van der Waals surface area contributed by atoms with Crippen molar-refractivity contribution in [2.75, 3.05) is 0 Å². The van der Waals surface area contributed by atoms with Gasteiger partial charge in [0, 0.05) is 0 Å². The van der Waals surface area contributed by atoms with Crippen molar-refractivity contribution in [3.63, 3.8) is 0 Å². The van der Waals surface area contributed by atoms with Crippen molar-refractivity contribution in [3.05, 3.63) is 23.0 Å². The Kier molecular flexibility index (Phi) is 3.19. The Bertz CT molecular complexity index is 121. The molecule has 0 radical (unpaired) electrons. The summed E-state index contributed by atoms with van der Waals surface area (Å²) in [7, 11) is 0. The maximum Gasteiger partial charge on any atom is 0.136 e. The van der Waals surface area contributed by atoms with Crippen molar-refractivity contribution in [3.8, 4) is 0 Å². The van der Waals surface area contributed by atoms with Gasteiger partial charge in [0.1, 0.15) is 5.82 Å². The molecule has 44 valence electrons. The molecule has 0 rings (SSSR count). The molecular formula is C5H7BrN2. The molecule has 0 atom stereocenters. The predicted molar refractivity (Wildman–Crippen MR) is 39.9 cm³/mol. The minimum absolute atomic E-state index is 0.361. The summed E-state index contributed by atoms with van der Waals surface area (Å²) in [4.78, 5) is 3.45. The van der Waals surface area contributed by atoms with Crippen LogP contribution < -0.4 is 5.73 Å². The highest BCUT2D eigenvalue weighted by atomic mass is 79.9. The van der Waals surface area contributed by atoms with Crippen LogP contribution in [0.25, 0.3) is 0 Å². The standard InChI is InChI=1S/C5H7BrN2/c1-3-4(6)5(7)8-2/h3H,1-2,7H2/b5-4+. The first kappa shape index (κ1) is 7.43. The van der Waals surface area contributed by atoms with E-state index in [1.165, 1.54) is 0 Å². The molecule has 2 N–H and O–H groups in total. The Labute approximate surface area is 56.9 Å². The van der Waals surface area contributed by atoms with E-state index >= 15 is 0 Å². The lowest BCUT2D eigenvalue weighted by molar-refractivity contribution is 1.26. The number of nitrogens with zero attached hydrogens (tertiary/aromatic N) is 1. The molecule has 0 amide bonds. The molecule has 0 fully saturated rings. The summed E-state index contributed by atoms with van der Waals surface area (Å²) in [5.41, 5.74) is 5.26. The topological polar surface area (TPSA) is 38.4 Å². The van der Waals surface area contributed by atoms with Crippen LogP contribution in [0.3, 0.4) is 0 Å². The van der Waals surface area contributed by atoms with Gasteiger partial charge < -0.3 is 5.73 Å². The SMILES string of the molecule is C=C/C(Br)=C(/N)N=C. The third kappa shape index (κ3) is 1.93. The van der Waals surface area contributed by atoms with E-state index in [2.05, 4.69) is 34.2 Å². The summed E-state index contributed by atoms with van der Waals surface area (Å²) >= 11 is 3.11. The zero-order chi connectivity index (χ0) is 6.57. The van der Waals surface area contributed by atoms with Gasteiger partial charge >= 0.3 is 0 Å². The van der Waals surface area contributed by atoms with Crippen molar-refractivity contribution in [1.29, 1.82) is 0 Å². The molecule has 0 unspecified atom stereocenters. The first-order valence-corrected chi connectivity index (χ1v) is 2.76. The average molecular weight is 175 g/mol. The summed E-state index contributed by atoms with van der Waals surface area (Å²) in [6, 6.07) is 0. The lowest BCUT2D eigenvalue weighted by Crippen LogP contribution is -1.93. The van der Waals surface area contributed by atoms with Crippen LogP contribution in [0.2, 0.25) is 0 Å². The van der Waals surface area contributed by atoms with Crippen LogP contribution in [0.1, 0.15) is 0 Å². The highest BCUT2D eigenvalue weighted by Crippen LogP contribution is 2.08. The third-order valence-corrected chi connectivity index (χ3v) is 1.32. The second-order valence-electron chi connectivity index (χ2n) is 1.10. The van der Waals surface area contributed by atoms with Gasteiger partial charge in [0.05, 0.1) is 4.48 Å². The molecule has 2 nitrogen and oxygen atoms in total. The Morgan fingerprint density at radius 1 is 1.75 bits per heavy atom. The summed E-state index contributed by atoms with van der Waals surface area (Å²) in [6.07, 6.45) is 1.56. The van der Waals surface area contributed by atoms with Crippen molar-refractivity contribution in [2.24, 2.45) is 10.7 Å². The molecule has 0 aliphatic heterocycles. The third-order valence-electron chi connectivity index (χ3n) is 0.594. The fourth-order valence-corrected chi connectivity index (χ4v) is 0.305. The average Bonchev–Trinajstić information content (AvgIpc) is 1.84. The van der Waals surface area contributed by atoms with Gasteiger partial charge in [-0.1, -0.05) is 12.7 Å². The largest absolute Gasteiger partial charge is 0.383 e. The number of rotatable bonds is 2. The quantitative estimate of drug-likeness (QED) is 0.499. The normalized spacial score (nSPS) is 12.1. The van der Waals surface area contributed by atoms with Crippen molar-refractivity contribution in [2.45, 2.75) is 0 Å². The highest BCUT2D eigenvalue weighted by molar-refractivity contribution is 9.11. The van der Waals surface area contributed by atoms with Crippen molar-refractivity contribution >= 4 is 22.6 Å². The number of nitrogens with two attached hydrogens (primary N) is 1. The lowest BCUT2D eigenvalue weighted by atomic mass is 10.5. The first-order chi connectivity index (χ1) is 3.72. The van der Waals surface area contributed by atoms with E-state index in [1.54, 1.807) is 6.08 Å². The number of hydrogen-bond acceptors (Lipinski definition) is 2. The lowest BCUT2D eigenvalue weighted by Gasteiger charge is -1.89. The molecule has 8 heavy (non-hydrogen) atoms. The summed E-state index contributed by atoms with van der Waals surface area (Å²) in [5, 5.41) is 0. The Morgan fingerprint density at radius 3 is 2.38 bits per heavy atom. The monoisotopic (exact) mass is 174 g/mol. The van der Waals surface area contributed by atoms with Gasteiger partial charge in [-0.25, -0.2) is 4.99 Å². The number of halogens is 1. The molecule has 0 heterocycles. The summed E-state index contributed by atoms with van der Waals surface area (Å²) in [6.45, 7) is 6.68. The van der Waals surface area contributed by atoms with Crippen LogP contribution in [-0.4, -0.2) is 6.72 Å². The molecule has 0 spiro atoms. The van der Waals surface area contributed by atoms with E-state index in [0.717, 1.165) is 0 Å². The van der Waals surface area contributed by atoms with Gasteiger partial charge in [-0.3, -0.25) is 0 Å². The van der Waals surface area contributed by atoms with Gasteiger partial charge in [-0.05, 0) is 22.6 Å². The molecule has 0 aromatic rings. The first-order valence-electron chi connectivity index (χ1n) is 1.96. The smallest absolute Gasteiger partial charge is 0.136 e. The van der Waals surface area contributed by atoms with Gasteiger partial charge in [0.15, 0.2) is 0 Å². The van der Waals surface area contributed by atoms with Crippen LogP contribution in [0.4, 0.5) is 0 Å². The highest BCUT2D eigenvalue weighted by Gasteiger charge is 1.87. The van der Waals surface area contributed by atoms with E-state index in [-0.39, 0.29) is 0 Å². The zero-order valence-corrected chi connectivity index (χ0v) is 5.98.